The fourth-order valence-electron chi connectivity index (χ4n) is 2.49. The van der Waals surface area contributed by atoms with Crippen LogP contribution in [0.2, 0.25) is 0 Å². The molecule has 1 aliphatic rings. The van der Waals surface area contributed by atoms with Crippen LogP contribution in [0.1, 0.15) is 47.5 Å². The molecule has 0 aliphatic heterocycles. The molecular formula is C15H26O. The van der Waals surface area contributed by atoms with Gasteiger partial charge in [0.2, 0.25) is 0 Å². The van der Waals surface area contributed by atoms with E-state index in [-0.39, 0.29) is 16.9 Å². The Morgan fingerprint density at radius 2 is 2.12 bits per heavy atom. The van der Waals surface area contributed by atoms with Crippen LogP contribution in [0.5, 0.6) is 0 Å². The van der Waals surface area contributed by atoms with Crippen LogP contribution in [0.4, 0.5) is 0 Å². The maximum Gasteiger partial charge on any atom is 0.0571 e. The monoisotopic (exact) mass is 222 g/mol. The molecule has 1 nitrogen and oxygen atoms in total. The zero-order chi connectivity index (χ0) is 12.6. The van der Waals surface area contributed by atoms with Crippen molar-refractivity contribution in [2.75, 3.05) is 0 Å². The summed E-state index contributed by atoms with van der Waals surface area (Å²) < 4.78 is 0. The maximum absolute atomic E-state index is 9.97. The fraction of sp³-hybridized carbons (Fsp3) is 0.733. The lowest BCUT2D eigenvalue weighted by molar-refractivity contribution is -0.0215. The quantitative estimate of drug-likeness (QED) is 0.717. The van der Waals surface area contributed by atoms with Gasteiger partial charge in [-0.05, 0) is 43.4 Å². The van der Waals surface area contributed by atoms with E-state index in [0.717, 1.165) is 12.8 Å². The lowest BCUT2D eigenvalue weighted by Crippen LogP contribution is -2.44. The molecule has 0 spiro atoms. The van der Waals surface area contributed by atoms with Gasteiger partial charge in [-0.1, -0.05) is 45.1 Å². The summed E-state index contributed by atoms with van der Waals surface area (Å²) in [6.07, 6.45) is 6.44. The Bertz CT molecular complexity index is 299. The van der Waals surface area contributed by atoms with Crippen molar-refractivity contribution in [2.24, 2.45) is 16.7 Å². The molecule has 0 amide bonds. The maximum atomic E-state index is 9.97. The molecule has 1 aliphatic carbocycles. The smallest absolute Gasteiger partial charge is 0.0571 e. The van der Waals surface area contributed by atoms with Gasteiger partial charge in [0.05, 0.1) is 6.10 Å². The van der Waals surface area contributed by atoms with E-state index in [4.69, 9.17) is 0 Å². The number of allylic oxidation sites excluding steroid dienone is 3. The van der Waals surface area contributed by atoms with Crippen LogP contribution in [-0.4, -0.2) is 11.2 Å². The van der Waals surface area contributed by atoms with Gasteiger partial charge in [-0.25, -0.2) is 0 Å². The lowest BCUT2D eigenvalue weighted by atomic mass is 9.58. The summed E-state index contributed by atoms with van der Waals surface area (Å²) in [5.74, 6) is 0.563. The largest absolute Gasteiger partial charge is 0.393 e. The normalized spacial score (nSPS) is 32.5. The van der Waals surface area contributed by atoms with E-state index in [1.807, 2.05) is 6.92 Å². The fourth-order valence-corrected chi connectivity index (χ4v) is 2.49. The molecule has 0 fully saturated rings. The highest BCUT2D eigenvalue weighted by molar-refractivity contribution is 5.15. The molecular weight excluding hydrogens is 196 g/mol. The Morgan fingerprint density at radius 1 is 1.56 bits per heavy atom. The van der Waals surface area contributed by atoms with E-state index in [2.05, 4.69) is 46.4 Å². The third kappa shape index (κ3) is 2.24. The first kappa shape index (κ1) is 13.5. The van der Waals surface area contributed by atoms with Crippen molar-refractivity contribution in [3.63, 3.8) is 0 Å². The second-order valence-electron chi connectivity index (χ2n) is 6.20. The minimum absolute atomic E-state index is 0.0586. The van der Waals surface area contributed by atoms with Gasteiger partial charge in [-0.3, -0.25) is 0 Å². The zero-order valence-corrected chi connectivity index (χ0v) is 11.4. The molecule has 1 rings (SSSR count). The van der Waals surface area contributed by atoms with Gasteiger partial charge in [0, 0.05) is 0 Å². The average molecular weight is 222 g/mol. The second-order valence-corrected chi connectivity index (χ2v) is 6.20. The number of aliphatic hydroxyl groups is 1. The average Bonchev–Trinajstić information content (AvgIpc) is 2.17. The molecule has 0 saturated carbocycles. The van der Waals surface area contributed by atoms with Gasteiger partial charge in [0.1, 0.15) is 0 Å². The summed E-state index contributed by atoms with van der Waals surface area (Å²) in [7, 11) is 0. The molecule has 0 aromatic rings. The highest BCUT2D eigenvalue weighted by Crippen LogP contribution is 2.50. The summed E-state index contributed by atoms with van der Waals surface area (Å²) in [5.41, 5.74) is 1.22. The summed E-state index contributed by atoms with van der Waals surface area (Å²) >= 11 is 0. The van der Waals surface area contributed by atoms with Crippen molar-refractivity contribution in [3.8, 4) is 0 Å². The van der Waals surface area contributed by atoms with Gasteiger partial charge >= 0.3 is 0 Å². The van der Waals surface area contributed by atoms with Crippen molar-refractivity contribution in [1.29, 1.82) is 0 Å². The molecule has 0 radical (unpaired) electrons. The van der Waals surface area contributed by atoms with E-state index < -0.39 is 0 Å². The first-order valence-electron chi connectivity index (χ1n) is 6.22. The number of hydrogen-bond acceptors (Lipinski definition) is 1. The number of hydrogen-bond donors (Lipinski definition) is 1. The van der Waals surface area contributed by atoms with Gasteiger partial charge in [0.25, 0.3) is 0 Å². The molecule has 0 saturated heterocycles. The molecule has 3 atom stereocenters. The second kappa shape index (κ2) is 4.37. The SMILES string of the molecule is C=C(C)[C@H]1CC=C[C@@](C)(C(C)(C)C(C)O)C1. The minimum atomic E-state index is -0.300. The van der Waals surface area contributed by atoms with Crippen molar-refractivity contribution in [3.05, 3.63) is 24.3 Å². The van der Waals surface area contributed by atoms with Crippen LogP contribution < -0.4 is 0 Å². The predicted octanol–water partition coefficient (Wildman–Crippen LogP) is 3.94. The van der Waals surface area contributed by atoms with Crippen LogP contribution in [0.15, 0.2) is 24.3 Å². The Hall–Kier alpha value is -0.560. The van der Waals surface area contributed by atoms with Crippen molar-refractivity contribution < 1.29 is 5.11 Å². The van der Waals surface area contributed by atoms with Gasteiger partial charge in [-0.2, -0.15) is 0 Å². The van der Waals surface area contributed by atoms with E-state index in [9.17, 15) is 5.11 Å². The molecule has 92 valence electrons. The summed E-state index contributed by atoms with van der Waals surface area (Å²) in [5, 5.41) is 9.97. The first-order valence-corrected chi connectivity index (χ1v) is 6.22. The highest BCUT2D eigenvalue weighted by atomic mass is 16.3. The summed E-state index contributed by atoms with van der Waals surface area (Å²) in [4.78, 5) is 0. The number of aliphatic hydroxyl groups excluding tert-OH is 1. The van der Waals surface area contributed by atoms with Crippen LogP contribution >= 0.6 is 0 Å². The van der Waals surface area contributed by atoms with E-state index in [1.165, 1.54) is 5.57 Å². The highest BCUT2D eigenvalue weighted by Gasteiger charge is 2.44. The topological polar surface area (TPSA) is 20.2 Å². The van der Waals surface area contributed by atoms with Gasteiger partial charge in [-0.15, -0.1) is 0 Å². The van der Waals surface area contributed by atoms with E-state index in [1.54, 1.807) is 0 Å². The predicted molar refractivity (Wildman–Crippen MR) is 70.2 cm³/mol. The lowest BCUT2D eigenvalue weighted by Gasteiger charge is -2.48. The van der Waals surface area contributed by atoms with Crippen LogP contribution in [0, 0.1) is 16.7 Å². The van der Waals surface area contributed by atoms with Crippen LogP contribution in [0.3, 0.4) is 0 Å². The van der Waals surface area contributed by atoms with Crippen molar-refractivity contribution in [2.45, 2.75) is 53.6 Å². The van der Waals surface area contributed by atoms with Crippen LogP contribution in [0.25, 0.3) is 0 Å². The minimum Gasteiger partial charge on any atom is -0.393 e. The molecule has 1 heteroatoms. The van der Waals surface area contributed by atoms with Gasteiger partial charge in [0.15, 0.2) is 0 Å². The molecule has 0 heterocycles. The van der Waals surface area contributed by atoms with Crippen molar-refractivity contribution >= 4 is 0 Å². The molecule has 0 bridgehead atoms. The third-order valence-corrected chi connectivity index (χ3v) is 4.79. The molecule has 0 aromatic carbocycles. The molecule has 1 N–H and O–H groups in total. The van der Waals surface area contributed by atoms with E-state index >= 15 is 0 Å². The number of rotatable bonds is 3. The van der Waals surface area contributed by atoms with Gasteiger partial charge < -0.3 is 5.11 Å². The summed E-state index contributed by atoms with van der Waals surface area (Å²) in [6.45, 7) is 14.6. The Kier molecular flexibility index (Phi) is 3.69. The zero-order valence-electron chi connectivity index (χ0n) is 11.4. The first-order chi connectivity index (χ1) is 7.21. The van der Waals surface area contributed by atoms with Crippen molar-refractivity contribution in [1.82, 2.24) is 0 Å². The van der Waals surface area contributed by atoms with E-state index in [0.29, 0.717) is 5.92 Å². The van der Waals surface area contributed by atoms with Crippen LogP contribution in [-0.2, 0) is 0 Å². The Labute approximate surface area is 100 Å². The standard InChI is InChI=1S/C15H26O/c1-11(2)13-8-7-9-15(6,10-13)14(4,5)12(3)16/h7,9,12-13,16H,1,8,10H2,2-6H3/t12?,13-,15+/m0/s1. The molecule has 0 aromatic heterocycles. The third-order valence-electron chi connectivity index (χ3n) is 4.79. The summed E-state index contributed by atoms with van der Waals surface area (Å²) in [6, 6.07) is 0. The Morgan fingerprint density at radius 3 is 2.56 bits per heavy atom. The molecule has 1 unspecified atom stereocenters. The molecule has 16 heavy (non-hydrogen) atoms. The Balaban J connectivity index is 2.98.